The first-order chi connectivity index (χ1) is 9.47. The third-order valence-electron chi connectivity index (χ3n) is 3.14. The molecule has 0 aliphatic carbocycles. The summed E-state index contributed by atoms with van der Waals surface area (Å²) in [7, 11) is 0. The summed E-state index contributed by atoms with van der Waals surface area (Å²) in [4.78, 5) is 1.14. The summed E-state index contributed by atoms with van der Waals surface area (Å²) in [6, 6.07) is 12.3. The van der Waals surface area contributed by atoms with E-state index in [1.54, 1.807) is 11.3 Å². The molecule has 2 unspecified atom stereocenters. The average Bonchev–Trinajstić information content (AvgIpc) is 2.82. The van der Waals surface area contributed by atoms with Gasteiger partial charge in [-0.15, -0.1) is 11.3 Å². The van der Waals surface area contributed by atoms with E-state index in [-0.39, 0.29) is 12.1 Å². The van der Waals surface area contributed by atoms with E-state index in [1.165, 1.54) is 5.56 Å². The van der Waals surface area contributed by atoms with E-state index in [0.717, 1.165) is 14.4 Å². The van der Waals surface area contributed by atoms with Crippen LogP contribution in [0.4, 0.5) is 0 Å². The van der Waals surface area contributed by atoms with Crippen LogP contribution in [0.3, 0.4) is 0 Å². The number of hydrogen-bond donors (Lipinski definition) is 1. The molecule has 2 rings (SSSR count). The zero-order valence-corrected chi connectivity index (χ0v) is 14.4. The lowest BCUT2D eigenvalue weighted by Gasteiger charge is -2.22. The highest BCUT2D eigenvalue weighted by Gasteiger charge is 2.20. The van der Waals surface area contributed by atoms with Gasteiger partial charge in [-0.25, -0.2) is 0 Å². The quantitative estimate of drug-likeness (QED) is 0.811. The van der Waals surface area contributed by atoms with Crippen LogP contribution in [0.5, 0.6) is 5.75 Å². The molecule has 20 heavy (non-hydrogen) atoms. The van der Waals surface area contributed by atoms with Crippen LogP contribution in [-0.4, -0.2) is 6.04 Å². The van der Waals surface area contributed by atoms with E-state index in [1.807, 2.05) is 25.1 Å². The largest absolute Gasteiger partial charge is 0.483 e. The van der Waals surface area contributed by atoms with Gasteiger partial charge in [0.05, 0.1) is 3.79 Å². The van der Waals surface area contributed by atoms with Crippen molar-refractivity contribution in [2.24, 2.45) is 5.73 Å². The molecule has 0 aliphatic heterocycles. The fourth-order valence-corrected chi connectivity index (χ4v) is 3.57. The molecule has 1 heterocycles. The van der Waals surface area contributed by atoms with Crippen molar-refractivity contribution in [1.29, 1.82) is 0 Å². The molecule has 2 aromatic rings. The van der Waals surface area contributed by atoms with Crippen molar-refractivity contribution < 1.29 is 4.74 Å². The molecule has 2 atom stereocenters. The standard InChI is InChI=1S/C16H20BrNOS/c1-10(2)12-5-4-6-13(9-12)19-16(11(3)18)14-7-8-15(17)20-14/h4-11,16H,18H2,1-3H3. The molecule has 0 fully saturated rings. The van der Waals surface area contributed by atoms with E-state index < -0.39 is 0 Å². The van der Waals surface area contributed by atoms with Gasteiger partial charge in [0.25, 0.3) is 0 Å². The van der Waals surface area contributed by atoms with Gasteiger partial charge in [0.15, 0.2) is 0 Å². The lowest BCUT2D eigenvalue weighted by atomic mass is 10.0. The number of thiophene rings is 1. The summed E-state index contributed by atoms with van der Waals surface area (Å²) in [5, 5.41) is 0. The molecule has 0 spiro atoms. The first-order valence-corrected chi connectivity index (χ1v) is 8.35. The third kappa shape index (κ3) is 3.84. The molecule has 2 N–H and O–H groups in total. The van der Waals surface area contributed by atoms with Crippen molar-refractivity contribution in [3.8, 4) is 5.75 Å². The molecule has 1 aromatic heterocycles. The fraction of sp³-hybridized carbons (Fsp3) is 0.375. The molecule has 0 bridgehead atoms. The maximum Gasteiger partial charge on any atom is 0.148 e. The number of benzene rings is 1. The molecule has 0 radical (unpaired) electrons. The number of halogens is 1. The number of hydrogen-bond acceptors (Lipinski definition) is 3. The Morgan fingerprint density at radius 3 is 2.45 bits per heavy atom. The first kappa shape index (κ1) is 15.5. The van der Waals surface area contributed by atoms with Crippen LogP contribution in [0, 0.1) is 0 Å². The van der Waals surface area contributed by atoms with Gasteiger partial charge in [0.2, 0.25) is 0 Å². The molecule has 1 aromatic carbocycles. The first-order valence-electron chi connectivity index (χ1n) is 6.75. The monoisotopic (exact) mass is 353 g/mol. The molecule has 108 valence electrons. The minimum atomic E-state index is -0.117. The van der Waals surface area contributed by atoms with Crippen LogP contribution in [0.15, 0.2) is 40.2 Å². The maximum absolute atomic E-state index is 6.13. The van der Waals surface area contributed by atoms with Gasteiger partial charge in [0, 0.05) is 10.9 Å². The van der Waals surface area contributed by atoms with Gasteiger partial charge in [-0.05, 0) is 58.6 Å². The predicted octanol–water partition coefficient (Wildman–Crippen LogP) is 5.10. The number of nitrogens with two attached hydrogens (primary N) is 1. The van der Waals surface area contributed by atoms with Crippen LogP contribution in [0.2, 0.25) is 0 Å². The van der Waals surface area contributed by atoms with Gasteiger partial charge in [0.1, 0.15) is 11.9 Å². The Kier molecular flexibility index (Phi) is 5.24. The second-order valence-corrected chi connectivity index (χ2v) is 7.76. The van der Waals surface area contributed by atoms with Gasteiger partial charge < -0.3 is 10.5 Å². The number of ether oxygens (including phenoxy) is 1. The molecule has 0 aliphatic rings. The predicted molar refractivity (Wildman–Crippen MR) is 89.6 cm³/mol. The van der Waals surface area contributed by atoms with E-state index >= 15 is 0 Å². The lowest BCUT2D eigenvalue weighted by Crippen LogP contribution is -2.28. The van der Waals surface area contributed by atoms with Crippen LogP contribution < -0.4 is 10.5 Å². The second kappa shape index (κ2) is 6.74. The zero-order valence-electron chi connectivity index (χ0n) is 12.0. The number of rotatable bonds is 5. The average molecular weight is 354 g/mol. The molecule has 0 saturated heterocycles. The summed E-state index contributed by atoms with van der Waals surface area (Å²) in [6.45, 7) is 6.33. The second-order valence-electron chi connectivity index (χ2n) is 5.27. The molecular weight excluding hydrogens is 334 g/mol. The third-order valence-corrected chi connectivity index (χ3v) is 4.82. The van der Waals surface area contributed by atoms with Crippen molar-refractivity contribution in [2.75, 3.05) is 0 Å². The van der Waals surface area contributed by atoms with Gasteiger partial charge in [-0.3, -0.25) is 0 Å². The highest BCUT2D eigenvalue weighted by Crippen LogP contribution is 2.32. The summed E-state index contributed by atoms with van der Waals surface area (Å²) in [5.41, 5.74) is 7.37. The van der Waals surface area contributed by atoms with E-state index in [2.05, 4.69) is 48.0 Å². The van der Waals surface area contributed by atoms with Crippen LogP contribution in [-0.2, 0) is 0 Å². The van der Waals surface area contributed by atoms with Crippen molar-refractivity contribution >= 4 is 27.3 Å². The Morgan fingerprint density at radius 2 is 1.90 bits per heavy atom. The van der Waals surface area contributed by atoms with Crippen molar-refractivity contribution in [3.05, 3.63) is 50.6 Å². The Morgan fingerprint density at radius 1 is 1.15 bits per heavy atom. The zero-order chi connectivity index (χ0) is 14.7. The minimum absolute atomic E-state index is 0.0664. The normalized spacial score (nSPS) is 14.3. The highest BCUT2D eigenvalue weighted by atomic mass is 79.9. The lowest BCUT2D eigenvalue weighted by molar-refractivity contribution is 0.184. The fourth-order valence-electron chi connectivity index (χ4n) is 2.00. The summed E-state index contributed by atoms with van der Waals surface area (Å²) < 4.78 is 7.23. The van der Waals surface area contributed by atoms with E-state index in [9.17, 15) is 0 Å². The molecule has 0 amide bonds. The Bertz CT molecular complexity index is 565. The van der Waals surface area contributed by atoms with E-state index in [0.29, 0.717) is 5.92 Å². The van der Waals surface area contributed by atoms with Gasteiger partial charge in [-0.1, -0.05) is 26.0 Å². The van der Waals surface area contributed by atoms with Gasteiger partial charge in [-0.2, -0.15) is 0 Å². The Balaban J connectivity index is 2.22. The molecule has 4 heteroatoms. The maximum atomic E-state index is 6.13. The molecule has 2 nitrogen and oxygen atoms in total. The van der Waals surface area contributed by atoms with Crippen LogP contribution in [0.25, 0.3) is 0 Å². The molecule has 0 saturated carbocycles. The summed E-state index contributed by atoms with van der Waals surface area (Å²) in [6.07, 6.45) is -0.117. The van der Waals surface area contributed by atoms with Gasteiger partial charge >= 0.3 is 0 Å². The molecular formula is C16H20BrNOS. The Labute approximate surface area is 133 Å². The van der Waals surface area contributed by atoms with Crippen LogP contribution >= 0.6 is 27.3 Å². The Hall–Kier alpha value is -0.840. The highest BCUT2D eigenvalue weighted by molar-refractivity contribution is 9.11. The smallest absolute Gasteiger partial charge is 0.148 e. The minimum Gasteiger partial charge on any atom is -0.483 e. The van der Waals surface area contributed by atoms with Crippen molar-refractivity contribution in [1.82, 2.24) is 0 Å². The summed E-state index contributed by atoms with van der Waals surface area (Å²) >= 11 is 5.15. The van der Waals surface area contributed by atoms with Crippen LogP contribution in [0.1, 0.15) is 43.2 Å². The van der Waals surface area contributed by atoms with Crippen molar-refractivity contribution in [3.63, 3.8) is 0 Å². The SMILES string of the molecule is CC(C)c1cccc(OC(c2ccc(Br)s2)C(C)N)c1. The summed E-state index contributed by atoms with van der Waals surface area (Å²) in [5.74, 6) is 1.37. The topological polar surface area (TPSA) is 35.2 Å². The van der Waals surface area contributed by atoms with Crippen molar-refractivity contribution in [2.45, 2.75) is 38.8 Å². The van der Waals surface area contributed by atoms with E-state index in [4.69, 9.17) is 10.5 Å².